The Morgan fingerprint density at radius 1 is 1.41 bits per heavy atom. The first kappa shape index (κ1) is 14.0. The third-order valence-corrected chi connectivity index (χ3v) is 3.02. The van der Waals surface area contributed by atoms with Crippen LogP contribution in [0.2, 0.25) is 0 Å². The average molecular weight is 243 g/mol. The predicted octanol–water partition coefficient (Wildman–Crippen LogP) is 0.967. The van der Waals surface area contributed by atoms with E-state index in [1.165, 1.54) is 7.11 Å². The van der Waals surface area contributed by atoms with E-state index in [0.717, 1.165) is 6.42 Å². The van der Waals surface area contributed by atoms with Gasteiger partial charge in [0.1, 0.15) is 0 Å². The molecule has 0 bridgehead atoms. The minimum atomic E-state index is -0.258. The smallest absolute Gasteiger partial charge is 0.305 e. The maximum absolute atomic E-state index is 12.0. The molecule has 0 aromatic rings. The van der Waals surface area contributed by atoms with E-state index >= 15 is 0 Å². The molecule has 5 nitrogen and oxygen atoms in total. The van der Waals surface area contributed by atoms with E-state index in [1.807, 2.05) is 11.8 Å². The molecule has 1 atom stereocenters. The van der Waals surface area contributed by atoms with Crippen molar-refractivity contribution in [3.05, 3.63) is 0 Å². The lowest BCUT2D eigenvalue weighted by Crippen LogP contribution is -2.48. The molecule has 0 spiro atoms. The normalized spacial score (nSPS) is 20.1. The van der Waals surface area contributed by atoms with Crippen molar-refractivity contribution in [1.82, 2.24) is 4.90 Å². The molecule has 0 N–H and O–H groups in total. The van der Waals surface area contributed by atoms with E-state index in [2.05, 4.69) is 4.74 Å². The van der Waals surface area contributed by atoms with E-state index in [0.29, 0.717) is 39.0 Å². The first-order valence-corrected chi connectivity index (χ1v) is 6.13. The molecule has 1 fully saturated rings. The number of hydrogen-bond donors (Lipinski definition) is 0. The van der Waals surface area contributed by atoms with Crippen LogP contribution in [0, 0.1) is 0 Å². The molecule has 1 saturated heterocycles. The van der Waals surface area contributed by atoms with Crippen LogP contribution in [0.5, 0.6) is 0 Å². The fraction of sp³-hybridized carbons (Fsp3) is 0.833. The number of morpholine rings is 1. The number of carbonyl (C=O) groups excluding carboxylic acids is 2. The van der Waals surface area contributed by atoms with Crippen LogP contribution in [0.3, 0.4) is 0 Å². The number of hydrogen-bond acceptors (Lipinski definition) is 4. The molecule has 0 aromatic carbocycles. The van der Waals surface area contributed by atoms with Crippen molar-refractivity contribution in [2.45, 2.75) is 38.6 Å². The topological polar surface area (TPSA) is 55.8 Å². The molecule has 1 aliphatic heterocycles. The summed E-state index contributed by atoms with van der Waals surface area (Å²) in [6, 6.07) is 0.189. The first-order chi connectivity index (χ1) is 8.19. The van der Waals surface area contributed by atoms with Crippen molar-refractivity contribution in [2.75, 3.05) is 26.9 Å². The number of nitrogens with zero attached hydrogens (tertiary/aromatic N) is 1. The standard InChI is InChI=1S/C12H21NO4/c1-3-10-9-17-8-7-13(10)11(14)5-4-6-12(15)16-2/h10H,3-9H2,1-2H3/t10-/m1/s1. The largest absolute Gasteiger partial charge is 0.469 e. The number of esters is 1. The molecule has 98 valence electrons. The van der Waals surface area contributed by atoms with Gasteiger partial charge in [-0.3, -0.25) is 9.59 Å². The fourth-order valence-electron chi connectivity index (χ4n) is 1.95. The Morgan fingerprint density at radius 2 is 2.18 bits per heavy atom. The van der Waals surface area contributed by atoms with Gasteiger partial charge in [-0.2, -0.15) is 0 Å². The molecule has 1 rings (SSSR count). The van der Waals surface area contributed by atoms with E-state index in [-0.39, 0.29) is 17.9 Å². The number of methoxy groups -OCH3 is 1. The fourth-order valence-corrected chi connectivity index (χ4v) is 1.95. The number of amides is 1. The van der Waals surface area contributed by atoms with Crippen LogP contribution in [0.1, 0.15) is 32.6 Å². The SMILES string of the molecule is CC[C@@H]1COCCN1C(=O)CCCC(=O)OC. The zero-order valence-electron chi connectivity index (χ0n) is 10.6. The lowest BCUT2D eigenvalue weighted by molar-refractivity contribution is -0.142. The maximum Gasteiger partial charge on any atom is 0.305 e. The summed E-state index contributed by atoms with van der Waals surface area (Å²) < 4.78 is 9.88. The molecule has 0 aliphatic carbocycles. The Morgan fingerprint density at radius 3 is 2.82 bits per heavy atom. The van der Waals surface area contributed by atoms with Gasteiger partial charge in [-0.05, 0) is 12.8 Å². The van der Waals surface area contributed by atoms with Crippen LogP contribution < -0.4 is 0 Å². The monoisotopic (exact) mass is 243 g/mol. The second-order valence-corrected chi connectivity index (χ2v) is 4.15. The summed E-state index contributed by atoms with van der Waals surface area (Å²) in [6.45, 7) is 3.95. The molecule has 0 unspecified atom stereocenters. The van der Waals surface area contributed by atoms with Crippen molar-refractivity contribution in [3.8, 4) is 0 Å². The second kappa shape index (κ2) is 7.27. The van der Waals surface area contributed by atoms with Gasteiger partial charge < -0.3 is 14.4 Å². The zero-order chi connectivity index (χ0) is 12.7. The molecule has 1 aliphatic rings. The molecule has 17 heavy (non-hydrogen) atoms. The van der Waals surface area contributed by atoms with Crippen LogP contribution in [0.15, 0.2) is 0 Å². The quantitative estimate of drug-likeness (QED) is 0.675. The first-order valence-electron chi connectivity index (χ1n) is 6.13. The zero-order valence-corrected chi connectivity index (χ0v) is 10.6. The molecule has 1 heterocycles. The Kier molecular flexibility index (Phi) is 5.97. The van der Waals surface area contributed by atoms with E-state index in [1.54, 1.807) is 0 Å². The maximum atomic E-state index is 12.0. The molecule has 0 saturated carbocycles. The van der Waals surface area contributed by atoms with Gasteiger partial charge in [-0.15, -0.1) is 0 Å². The van der Waals surface area contributed by atoms with Gasteiger partial charge in [0.25, 0.3) is 0 Å². The van der Waals surface area contributed by atoms with Gasteiger partial charge in [0.15, 0.2) is 0 Å². The summed E-state index contributed by atoms with van der Waals surface area (Å²) in [4.78, 5) is 24.8. The Balaban J connectivity index is 2.32. The molecule has 1 amide bonds. The molecule has 0 aromatic heterocycles. The summed E-state index contributed by atoms with van der Waals surface area (Å²) in [5, 5.41) is 0. The van der Waals surface area contributed by atoms with Gasteiger partial charge in [-0.25, -0.2) is 0 Å². The van der Waals surface area contributed by atoms with Crippen LogP contribution in [-0.2, 0) is 19.1 Å². The van der Waals surface area contributed by atoms with Crippen molar-refractivity contribution >= 4 is 11.9 Å². The van der Waals surface area contributed by atoms with Gasteiger partial charge in [0, 0.05) is 19.4 Å². The predicted molar refractivity (Wildman–Crippen MR) is 62.5 cm³/mol. The van der Waals surface area contributed by atoms with Crippen LogP contribution in [0.4, 0.5) is 0 Å². The van der Waals surface area contributed by atoms with E-state index < -0.39 is 0 Å². The lowest BCUT2D eigenvalue weighted by atomic mass is 10.1. The summed E-state index contributed by atoms with van der Waals surface area (Å²) in [6.07, 6.45) is 2.18. The van der Waals surface area contributed by atoms with E-state index in [4.69, 9.17) is 4.74 Å². The minimum Gasteiger partial charge on any atom is -0.469 e. The highest BCUT2D eigenvalue weighted by Crippen LogP contribution is 2.13. The van der Waals surface area contributed by atoms with Crippen LogP contribution >= 0.6 is 0 Å². The Labute approximate surface area is 102 Å². The summed E-state index contributed by atoms with van der Waals surface area (Å²) in [7, 11) is 1.36. The van der Waals surface area contributed by atoms with Crippen molar-refractivity contribution in [3.63, 3.8) is 0 Å². The average Bonchev–Trinajstić information content (AvgIpc) is 2.38. The van der Waals surface area contributed by atoms with Crippen LogP contribution in [-0.4, -0.2) is 49.7 Å². The van der Waals surface area contributed by atoms with Crippen LogP contribution in [0.25, 0.3) is 0 Å². The molecular formula is C12H21NO4. The highest BCUT2D eigenvalue weighted by atomic mass is 16.5. The van der Waals surface area contributed by atoms with Gasteiger partial charge in [0.2, 0.25) is 5.91 Å². The van der Waals surface area contributed by atoms with Crippen molar-refractivity contribution in [1.29, 1.82) is 0 Å². The Hall–Kier alpha value is -1.10. The van der Waals surface area contributed by atoms with E-state index in [9.17, 15) is 9.59 Å². The van der Waals surface area contributed by atoms with Crippen molar-refractivity contribution < 1.29 is 19.1 Å². The molecular weight excluding hydrogens is 222 g/mol. The highest BCUT2D eigenvalue weighted by molar-refractivity contribution is 5.77. The van der Waals surface area contributed by atoms with Gasteiger partial charge in [0.05, 0.1) is 26.4 Å². The number of carbonyl (C=O) groups is 2. The highest BCUT2D eigenvalue weighted by Gasteiger charge is 2.25. The molecule has 5 heteroatoms. The summed E-state index contributed by atoms with van der Waals surface area (Å²) in [5.74, 6) is -0.143. The second-order valence-electron chi connectivity index (χ2n) is 4.15. The van der Waals surface area contributed by atoms with Crippen molar-refractivity contribution in [2.24, 2.45) is 0 Å². The number of rotatable bonds is 5. The third kappa shape index (κ3) is 4.34. The summed E-state index contributed by atoms with van der Waals surface area (Å²) >= 11 is 0. The summed E-state index contributed by atoms with van der Waals surface area (Å²) in [5.41, 5.74) is 0. The van der Waals surface area contributed by atoms with Gasteiger partial charge in [-0.1, -0.05) is 6.92 Å². The Bertz CT molecular complexity index is 267. The third-order valence-electron chi connectivity index (χ3n) is 3.02. The number of ether oxygens (including phenoxy) is 2. The minimum absolute atomic E-state index is 0.115. The van der Waals surface area contributed by atoms with Gasteiger partial charge >= 0.3 is 5.97 Å². The lowest BCUT2D eigenvalue weighted by Gasteiger charge is -2.35. The molecule has 0 radical (unpaired) electrons.